The fourth-order valence-corrected chi connectivity index (χ4v) is 1.56. The predicted molar refractivity (Wildman–Crippen MR) is 65.5 cm³/mol. The van der Waals surface area contributed by atoms with Crippen molar-refractivity contribution < 1.29 is 9.13 Å². The quantitative estimate of drug-likeness (QED) is 0.878. The van der Waals surface area contributed by atoms with Crippen molar-refractivity contribution in [2.75, 3.05) is 0 Å². The Balaban J connectivity index is 2.24. The summed E-state index contributed by atoms with van der Waals surface area (Å²) < 4.78 is 19.1. The molecule has 88 valence electrons. The van der Waals surface area contributed by atoms with Gasteiger partial charge in [-0.2, -0.15) is 0 Å². The van der Waals surface area contributed by atoms with Gasteiger partial charge in [0.15, 0.2) is 11.6 Å². The maximum Gasteiger partial charge on any atom is 0.166 e. The van der Waals surface area contributed by atoms with Crippen molar-refractivity contribution in [1.29, 1.82) is 0 Å². The Labute approximate surface area is 99.8 Å². The Kier molecular flexibility index (Phi) is 3.40. The maximum absolute atomic E-state index is 13.6. The molecular formula is C14H14FNO. The lowest BCUT2D eigenvalue weighted by Crippen LogP contribution is -1.97. The molecule has 0 saturated heterocycles. The first kappa shape index (κ1) is 11.6. The molecule has 2 N–H and O–H groups in total. The highest BCUT2D eigenvalue weighted by Gasteiger charge is 2.05. The van der Waals surface area contributed by atoms with Crippen molar-refractivity contribution >= 4 is 0 Å². The van der Waals surface area contributed by atoms with Gasteiger partial charge >= 0.3 is 0 Å². The third-order valence-corrected chi connectivity index (χ3v) is 2.45. The van der Waals surface area contributed by atoms with Crippen molar-refractivity contribution in [1.82, 2.24) is 0 Å². The van der Waals surface area contributed by atoms with Gasteiger partial charge in [-0.15, -0.1) is 0 Å². The van der Waals surface area contributed by atoms with Crippen molar-refractivity contribution in [3.63, 3.8) is 0 Å². The smallest absolute Gasteiger partial charge is 0.166 e. The first-order valence-electron chi connectivity index (χ1n) is 5.42. The van der Waals surface area contributed by atoms with E-state index in [4.69, 9.17) is 10.5 Å². The van der Waals surface area contributed by atoms with Crippen LogP contribution in [-0.4, -0.2) is 0 Å². The second kappa shape index (κ2) is 4.97. The molecule has 17 heavy (non-hydrogen) atoms. The van der Waals surface area contributed by atoms with Gasteiger partial charge in [-0.25, -0.2) is 4.39 Å². The molecule has 2 aromatic rings. The van der Waals surface area contributed by atoms with Gasteiger partial charge in [-0.3, -0.25) is 0 Å². The molecule has 0 aliphatic rings. The summed E-state index contributed by atoms with van der Waals surface area (Å²) in [5, 5.41) is 0. The summed E-state index contributed by atoms with van der Waals surface area (Å²) in [6, 6.07) is 12.2. The summed E-state index contributed by atoms with van der Waals surface area (Å²) in [4.78, 5) is 0. The van der Waals surface area contributed by atoms with Gasteiger partial charge in [0.25, 0.3) is 0 Å². The Bertz CT molecular complexity index is 525. The van der Waals surface area contributed by atoms with E-state index < -0.39 is 5.82 Å². The summed E-state index contributed by atoms with van der Waals surface area (Å²) >= 11 is 0. The van der Waals surface area contributed by atoms with E-state index in [1.807, 2.05) is 25.1 Å². The predicted octanol–water partition coefficient (Wildman–Crippen LogP) is 3.39. The first-order chi connectivity index (χ1) is 8.19. The highest BCUT2D eigenvalue weighted by atomic mass is 19.1. The SMILES string of the molecule is Cc1cccc(Oc2ccc(CN)cc2F)c1. The summed E-state index contributed by atoms with van der Waals surface area (Å²) in [5.41, 5.74) is 7.25. The zero-order chi connectivity index (χ0) is 12.3. The van der Waals surface area contributed by atoms with Crippen LogP contribution in [0.15, 0.2) is 42.5 Å². The average Bonchev–Trinajstić information content (AvgIpc) is 2.32. The maximum atomic E-state index is 13.6. The third kappa shape index (κ3) is 2.82. The summed E-state index contributed by atoms with van der Waals surface area (Å²) in [7, 11) is 0. The molecule has 0 heterocycles. The molecule has 0 bridgehead atoms. The molecule has 0 fully saturated rings. The van der Waals surface area contributed by atoms with E-state index in [0.29, 0.717) is 12.3 Å². The molecule has 0 aliphatic heterocycles. The zero-order valence-electron chi connectivity index (χ0n) is 9.61. The molecule has 2 nitrogen and oxygen atoms in total. The Morgan fingerprint density at radius 2 is 2.00 bits per heavy atom. The lowest BCUT2D eigenvalue weighted by molar-refractivity contribution is 0.441. The van der Waals surface area contributed by atoms with Crippen molar-refractivity contribution in [2.45, 2.75) is 13.5 Å². The molecule has 0 spiro atoms. The van der Waals surface area contributed by atoms with Crippen molar-refractivity contribution in [2.24, 2.45) is 5.73 Å². The molecule has 0 unspecified atom stereocenters. The van der Waals surface area contributed by atoms with E-state index in [1.165, 1.54) is 6.07 Å². The Hall–Kier alpha value is -1.87. The lowest BCUT2D eigenvalue weighted by Gasteiger charge is -2.08. The highest BCUT2D eigenvalue weighted by molar-refractivity contribution is 5.35. The van der Waals surface area contributed by atoms with Crippen LogP contribution in [0.3, 0.4) is 0 Å². The molecule has 0 saturated carbocycles. The summed E-state index contributed by atoms with van der Waals surface area (Å²) in [6.07, 6.45) is 0. The van der Waals surface area contributed by atoms with E-state index in [2.05, 4.69) is 0 Å². The number of hydrogen-bond donors (Lipinski definition) is 1. The third-order valence-electron chi connectivity index (χ3n) is 2.45. The van der Waals surface area contributed by atoms with E-state index in [0.717, 1.165) is 11.1 Å². The molecule has 0 aromatic heterocycles. The molecular weight excluding hydrogens is 217 g/mol. The van der Waals surface area contributed by atoms with Crippen LogP contribution in [0.25, 0.3) is 0 Å². The Morgan fingerprint density at radius 3 is 2.65 bits per heavy atom. The minimum Gasteiger partial charge on any atom is -0.454 e. The van der Waals surface area contributed by atoms with Gasteiger partial charge in [0.2, 0.25) is 0 Å². The number of rotatable bonds is 3. The largest absolute Gasteiger partial charge is 0.454 e. The number of benzene rings is 2. The number of ether oxygens (including phenoxy) is 1. The van der Waals surface area contributed by atoms with Crippen LogP contribution in [0, 0.1) is 12.7 Å². The lowest BCUT2D eigenvalue weighted by atomic mass is 10.2. The second-order valence-electron chi connectivity index (χ2n) is 3.89. The van der Waals surface area contributed by atoms with Crippen LogP contribution in [0.4, 0.5) is 4.39 Å². The van der Waals surface area contributed by atoms with Gasteiger partial charge in [0.1, 0.15) is 5.75 Å². The van der Waals surface area contributed by atoms with E-state index >= 15 is 0 Å². The molecule has 0 aliphatic carbocycles. The molecule has 2 aromatic carbocycles. The number of aryl methyl sites for hydroxylation is 1. The van der Waals surface area contributed by atoms with Crippen LogP contribution < -0.4 is 10.5 Å². The number of halogens is 1. The van der Waals surface area contributed by atoms with Crippen molar-refractivity contribution in [3.8, 4) is 11.5 Å². The van der Waals surface area contributed by atoms with E-state index in [1.54, 1.807) is 18.2 Å². The minimum absolute atomic E-state index is 0.216. The standard InChI is InChI=1S/C14H14FNO/c1-10-3-2-4-12(7-10)17-14-6-5-11(9-16)8-13(14)15/h2-8H,9,16H2,1H3. The highest BCUT2D eigenvalue weighted by Crippen LogP contribution is 2.25. The molecule has 2 rings (SSSR count). The molecule has 0 amide bonds. The first-order valence-corrected chi connectivity index (χ1v) is 5.42. The van der Waals surface area contributed by atoms with Gasteiger partial charge in [-0.1, -0.05) is 18.2 Å². The van der Waals surface area contributed by atoms with Crippen LogP contribution in [0.2, 0.25) is 0 Å². The minimum atomic E-state index is -0.394. The normalized spacial score (nSPS) is 10.3. The van der Waals surface area contributed by atoms with Crippen LogP contribution in [0.1, 0.15) is 11.1 Å². The molecule has 0 atom stereocenters. The zero-order valence-corrected chi connectivity index (χ0v) is 9.61. The van der Waals surface area contributed by atoms with Crippen molar-refractivity contribution in [3.05, 3.63) is 59.4 Å². The van der Waals surface area contributed by atoms with Gasteiger partial charge in [-0.05, 0) is 42.3 Å². The number of hydrogen-bond acceptors (Lipinski definition) is 2. The monoisotopic (exact) mass is 231 g/mol. The fraction of sp³-hybridized carbons (Fsp3) is 0.143. The summed E-state index contributed by atoms with van der Waals surface area (Å²) in [5.74, 6) is 0.451. The fourth-order valence-electron chi connectivity index (χ4n) is 1.56. The van der Waals surface area contributed by atoms with Gasteiger partial charge in [0, 0.05) is 6.54 Å². The number of nitrogens with two attached hydrogens (primary N) is 1. The second-order valence-corrected chi connectivity index (χ2v) is 3.89. The molecule has 0 radical (unpaired) electrons. The van der Waals surface area contributed by atoms with E-state index in [9.17, 15) is 4.39 Å². The van der Waals surface area contributed by atoms with E-state index in [-0.39, 0.29) is 5.75 Å². The van der Waals surface area contributed by atoms with Gasteiger partial charge < -0.3 is 10.5 Å². The van der Waals surface area contributed by atoms with Gasteiger partial charge in [0.05, 0.1) is 0 Å². The summed E-state index contributed by atoms with van der Waals surface area (Å²) in [6.45, 7) is 2.28. The van der Waals surface area contributed by atoms with Crippen LogP contribution in [-0.2, 0) is 6.54 Å². The average molecular weight is 231 g/mol. The van der Waals surface area contributed by atoms with Crippen LogP contribution in [0.5, 0.6) is 11.5 Å². The molecule has 3 heteroatoms. The topological polar surface area (TPSA) is 35.2 Å². The Morgan fingerprint density at radius 1 is 1.18 bits per heavy atom. The van der Waals surface area contributed by atoms with Crippen LogP contribution >= 0.6 is 0 Å².